The zero-order valence-corrected chi connectivity index (χ0v) is 41.2. The van der Waals surface area contributed by atoms with Crippen LogP contribution in [-0.2, 0) is 37.3 Å². The van der Waals surface area contributed by atoms with Gasteiger partial charge in [-0.15, -0.1) is 29.7 Å². The molecule has 1 aliphatic rings. The Morgan fingerprint density at radius 3 is 1.83 bits per heavy atom. The van der Waals surface area contributed by atoms with Crippen LogP contribution in [-0.4, -0.2) is 14.1 Å². The van der Waals surface area contributed by atoms with Gasteiger partial charge in [0.05, 0.1) is 16.7 Å². The van der Waals surface area contributed by atoms with E-state index < -0.39 is 0 Å². The third-order valence-electron chi connectivity index (χ3n) is 13.0. The van der Waals surface area contributed by atoms with Gasteiger partial charge in [-0.05, 0) is 102 Å². The van der Waals surface area contributed by atoms with Gasteiger partial charge >= 0.3 is 0 Å². The first-order valence-electron chi connectivity index (χ1n) is 22.6. The van der Waals surface area contributed by atoms with Crippen molar-refractivity contribution in [3.8, 4) is 62.1 Å². The minimum Gasteiger partial charge on any atom is -0.510 e. The first-order chi connectivity index (χ1) is 31.1. The summed E-state index contributed by atoms with van der Waals surface area (Å²) < 4.78 is 13.5. The Labute approximate surface area is 402 Å². The number of hydrogen-bond acceptors (Lipinski definition) is 2. The van der Waals surface area contributed by atoms with Gasteiger partial charge in [0.2, 0.25) is 0 Å². The van der Waals surface area contributed by atoms with Gasteiger partial charge < -0.3 is 13.9 Å². The summed E-state index contributed by atoms with van der Waals surface area (Å²) in [6.07, 6.45) is 5.86. The number of pyridine rings is 1. The van der Waals surface area contributed by atoms with E-state index in [1.54, 1.807) is 0 Å². The van der Waals surface area contributed by atoms with Crippen molar-refractivity contribution in [3.05, 3.63) is 187 Å². The summed E-state index contributed by atoms with van der Waals surface area (Å²) in [4.78, 5) is 4.88. The second-order valence-electron chi connectivity index (χ2n) is 20.5. The summed E-state index contributed by atoms with van der Waals surface area (Å²) in [5, 5.41) is 2.23. The maximum Gasteiger partial charge on any atom is 0.268 e. The van der Waals surface area contributed by atoms with Crippen molar-refractivity contribution in [2.75, 3.05) is 0 Å². The van der Waals surface area contributed by atoms with Crippen LogP contribution in [0.3, 0.4) is 0 Å². The monoisotopic (exact) mass is 1040 g/mol. The summed E-state index contributed by atoms with van der Waals surface area (Å²) in [5.41, 5.74) is 16.5. The smallest absolute Gasteiger partial charge is 0.268 e. The van der Waals surface area contributed by atoms with E-state index in [0.29, 0.717) is 11.5 Å². The van der Waals surface area contributed by atoms with Gasteiger partial charge in [0.1, 0.15) is 5.82 Å². The molecular formula is C60H52N4OPt-2. The van der Waals surface area contributed by atoms with Crippen LogP contribution in [0.1, 0.15) is 79.0 Å². The number of hydrogen-bond donors (Lipinski definition) is 0. The molecule has 10 aromatic rings. The molecule has 1 aliphatic heterocycles. The summed E-state index contributed by atoms with van der Waals surface area (Å²) in [7, 11) is 0. The maximum absolute atomic E-state index is 6.76. The molecule has 0 N–H and O–H groups in total. The van der Waals surface area contributed by atoms with Crippen LogP contribution in [0.5, 0.6) is 11.5 Å². The Hall–Kier alpha value is -6.55. The Bertz CT molecular complexity index is 3530. The average Bonchev–Trinajstić information content (AvgIpc) is 3.84. The van der Waals surface area contributed by atoms with E-state index in [4.69, 9.17) is 9.72 Å². The van der Waals surface area contributed by atoms with Crippen LogP contribution < -0.4 is 9.30 Å². The van der Waals surface area contributed by atoms with Crippen molar-refractivity contribution in [2.24, 2.45) is 0 Å². The Kier molecular flexibility index (Phi) is 10.4. The molecule has 6 heteroatoms. The second-order valence-corrected chi connectivity index (χ2v) is 20.5. The van der Waals surface area contributed by atoms with E-state index in [1.807, 2.05) is 24.4 Å². The number of aromatic nitrogens is 4. The summed E-state index contributed by atoms with van der Waals surface area (Å²) in [5.74, 6) is 2.03. The van der Waals surface area contributed by atoms with Crippen molar-refractivity contribution < 1.29 is 30.4 Å². The molecule has 66 heavy (non-hydrogen) atoms. The van der Waals surface area contributed by atoms with E-state index in [9.17, 15) is 0 Å². The first kappa shape index (κ1) is 43.3. The van der Waals surface area contributed by atoms with Crippen molar-refractivity contribution in [3.63, 3.8) is 0 Å². The number of rotatable bonds is 4. The molecule has 0 unspecified atom stereocenters. The molecule has 7 aromatic carbocycles. The van der Waals surface area contributed by atoms with Crippen molar-refractivity contribution >= 4 is 32.8 Å². The van der Waals surface area contributed by atoms with Gasteiger partial charge in [-0.3, -0.25) is 4.57 Å². The predicted molar refractivity (Wildman–Crippen MR) is 266 cm³/mol. The topological polar surface area (TPSA) is 35.9 Å². The number of fused-ring (bicyclic) bond motifs is 10. The van der Waals surface area contributed by atoms with Gasteiger partial charge in [-0.2, -0.15) is 18.2 Å². The van der Waals surface area contributed by atoms with Crippen LogP contribution in [0.4, 0.5) is 0 Å². The zero-order valence-electron chi connectivity index (χ0n) is 38.9. The molecule has 5 nitrogen and oxygen atoms in total. The van der Waals surface area contributed by atoms with Crippen LogP contribution >= 0.6 is 0 Å². The molecule has 0 bridgehead atoms. The van der Waals surface area contributed by atoms with Gasteiger partial charge in [-0.25, -0.2) is 4.98 Å². The molecule has 0 radical (unpaired) electrons. The quantitative estimate of drug-likeness (QED) is 0.130. The van der Waals surface area contributed by atoms with Crippen LogP contribution in [0.15, 0.2) is 152 Å². The van der Waals surface area contributed by atoms with Crippen molar-refractivity contribution in [1.82, 2.24) is 14.1 Å². The summed E-state index contributed by atoms with van der Waals surface area (Å²) in [6, 6.07) is 59.6. The number of nitrogens with zero attached hydrogens (tertiary/aromatic N) is 4. The number of ether oxygens (including phenoxy) is 1. The zero-order chi connectivity index (χ0) is 45.0. The molecular weight excluding hydrogens is 988 g/mol. The molecule has 4 heterocycles. The minimum atomic E-state index is -0.170. The number of imidazole rings is 1. The molecule has 330 valence electrons. The van der Waals surface area contributed by atoms with Gasteiger partial charge in [0, 0.05) is 44.3 Å². The third kappa shape index (κ3) is 7.20. The minimum absolute atomic E-state index is 0. The fourth-order valence-corrected chi connectivity index (χ4v) is 9.65. The Balaban J connectivity index is 0.00000511. The average molecular weight is 1040 g/mol. The van der Waals surface area contributed by atoms with E-state index >= 15 is 0 Å². The summed E-state index contributed by atoms with van der Waals surface area (Å²) in [6.45, 7) is 20.5. The predicted octanol–water partition coefficient (Wildman–Crippen LogP) is 14.8. The molecule has 11 rings (SSSR count). The molecule has 0 fully saturated rings. The van der Waals surface area contributed by atoms with Crippen LogP contribution in [0.25, 0.3) is 83.4 Å². The fourth-order valence-electron chi connectivity index (χ4n) is 9.65. The van der Waals surface area contributed by atoms with E-state index in [0.717, 1.165) is 55.6 Å². The molecule has 0 saturated carbocycles. The third-order valence-corrected chi connectivity index (χ3v) is 13.0. The van der Waals surface area contributed by atoms with Gasteiger partial charge in [0.15, 0.2) is 0 Å². The normalized spacial score (nSPS) is 12.5. The molecule has 0 saturated heterocycles. The van der Waals surface area contributed by atoms with Crippen LogP contribution in [0, 0.1) is 18.5 Å². The van der Waals surface area contributed by atoms with Gasteiger partial charge in [-0.1, -0.05) is 159 Å². The maximum atomic E-state index is 6.76. The fraction of sp³-hybridized carbons (Fsp3) is 0.200. The molecule has 0 amide bonds. The van der Waals surface area contributed by atoms with Crippen molar-refractivity contribution in [1.29, 1.82) is 0 Å². The molecule has 3 aromatic heterocycles. The Morgan fingerprint density at radius 1 is 0.515 bits per heavy atom. The van der Waals surface area contributed by atoms with E-state index in [-0.39, 0.29) is 37.3 Å². The largest absolute Gasteiger partial charge is 0.510 e. The number of benzene rings is 7. The standard InChI is InChI=1S/C60H52N4O.Pt/c1-58(2,3)38-30-31-61-55(34-38)64-52-27-15-14-24-47(52)48-29-28-42(36-53(48)64)65-41-19-16-18-40(35-41)62-37-63-56-49(25-17-26-51(56)60(7,8)9)45-22-12-10-20-43(45)44-21-11-13-23-46(44)50-32-39(59(4,5)6)33-54(62)57(50)63;/h10-34H,1-9H3;/q-2;. The first-order valence-corrected chi connectivity index (χ1v) is 22.6. The molecule has 0 aliphatic carbocycles. The van der Waals surface area contributed by atoms with Crippen LogP contribution in [0.2, 0.25) is 0 Å². The second kappa shape index (κ2) is 15.8. The Morgan fingerprint density at radius 2 is 1.14 bits per heavy atom. The SMILES string of the molecule is CC(C)(C)c1ccnc(-n2c3[c-]c(Oc4[c-]c(-n5[c-][n+]6c7c(cc(C(C)(C)C)cc75)-c5ccccc5-c5ccccc5-c5cccc(C(C)(C)C)c5-6)ccc4)ccc3c3ccccc32)c1.[Pt]. The van der Waals surface area contributed by atoms with Crippen molar-refractivity contribution in [2.45, 2.75) is 78.6 Å². The number of para-hydroxylation sites is 2. The molecule has 0 atom stereocenters. The van der Waals surface area contributed by atoms with Gasteiger partial charge in [0.25, 0.3) is 6.33 Å². The van der Waals surface area contributed by atoms with E-state index in [1.165, 1.54) is 44.5 Å². The van der Waals surface area contributed by atoms with E-state index in [2.05, 4.69) is 222 Å². The summed E-state index contributed by atoms with van der Waals surface area (Å²) >= 11 is 0. The molecule has 0 spiro atoms.